The fraction of sp³-hybridized carbons (Fsp3) is 0.533. The molecule has 1 N–H and O–H groups in total. The normalized spacial score (nSPS) is 26.6. The molecule has 0 amide bonds. The Morgan fingerprint density at radius 2 is 2.26 bits per heavy atom. The highest BCUT2D eigenvalue weighted by Gasteiger charge is 2.42. The molecule has 3 nitrogen and oxygen atoms in total. The zero-order valence-corrected chi connectivity index (χ0v) is 12.2. The molecule has 0 saturated heterocycles. The topological polar surface area (TPSA) is 29.3 Å². The highest BCUT2D eigenvalue weighted by Crippen LogP contribution is 2.46. The van der Waals surface area contributed by atoms with Crippen LogP contribution in [0.3, 0.4) is 0 Å². The van der Waals surface area contributed by atoms with Crippen molar-refractivity contribution in [3.63, 3.8) is 0 Å². The van der Waals surface area contributed by atoms with Gasteiger partial charge in [-0.15, -0.1) is 0 Å². The van der Waals surface area contributed by atoms with Gasteiger partial charge in [0.1, 0.15) is 5.65 Å². The maximum atomic E-state index is 6.37. The number of nitrogens with one attached hydrogen (secondary N) is 1. The maximum absolute atomic E-state index is 6.37. The third-order valence-electron chi connectivity index (χ3n) is 4.35. The van der Waals surface area contributed by atoms with Crippen molar-refractivity contribution >= 4 is 17.2 Å². The Morgan fingerprint density at radius 3 is 3.00 bits per heavy atom. The molecule has 3 rings (SSSR count). The van der Waals surface area contributed by atoms with Crippen molar-refractivity contribution < 1.29 is 0 Å². The summed E-state index contributed by atoms with van der Waals surface area (Å²) in [6.45, 7) is 5.47. The molecule has 102 valence electrons. The summed E-state index contributed by atoms with van der Waals surface area (Å²) in [7, 11) is 0. The lowest BCUT2D eigenvalue weighted by atomic mass is 9.66. The van der Waals surface area contributed by atoms with E-state index in [4.69, 9.17) is 11.6 Å². The molecule has 0 bridgehead atoms. The SMILES string of the molecule is CCNC1CC(c2c(Cl)nc3ccccn23)C1CC. The van der Waals surface area contributed by atoms with Gasteiger partial charge in [-0.25, -0.2) is 4.98 Å². The fourth-order valence-corrected chi connectivity index (χ4v) is 3.72. The van der Waals surface area contributed by atoms with Crippen LogP contribution < -0.4 is 5.32 Å². The molecule has 1 saturated carbocycles. The Labute approximate surface area is 119 Å². The molecule has 19 heavy (non-hydrogen) atoms. The summed E-state index contributed by atoms with van der Waals surface area (Å²) in [5, 5.41) is 4.24. The van der Waals surface area contributed by atoms with Crippen molar-refractivity contribution in [2.45, 2.75) is 38.6 Å². The Morgan fingerprint density at radius 1 is 1.42 bits per heavy atom. The van der Waals surface area contributed by atoms with Crippen molar-refractivity contribution in [2.24, 2.45) is 5.92 Å². The summed E-state index contributed by atoms with van der Waals surface area (Å²) in [6.07, 6.45) is 4.41. The number of aromatic nitrogens is 2. The zero-order chi connectivity index (χ0) is 13.4. The summed E-state index contributed by atoms with van der Waals surface area (Å²) in [4.78, 5) is 4.46. The summed E-state index contributed by atoms with van der Waals surface area (Å²) < 4.78 is 2.15. The summed E-state index contributed by atoms with van der Waals surface area (Å²) in [5.41, 5.74) is 2.14. The molecule has 4 heteroatoms. The van der Waals surface area contributed by atoms with E-state index < -0.39 is 0 Å². The second-order valence-electron chi connectivity index (χ2n) is 5.30. The summed E-state index contributed by atoms with van der Waals surface area (Å²) in [6, 6.07) is 6.68. The second kappa shape index (κ2) is 5.14. The van der Waals surface area contributed by atoms with Crippen molar-refractivity contribution in [3.8, 4) is 0 Å². The first kappa shape index (κ1) is 12.9. The molecule has 1 fully saturated rings. The van der Waals surface area contributed by atoms with E-state index in [0.29, 0.717) is 23.0 Å². The van der Waals surface area contributed by atoms with Crippen LogP contribution in [0.25, 0.3) is 5.65 Å². The molecule has 3 unspecified atom stereocenters. The summed E-state index contributed by atoms with van der Waals surface area (Å²) >= 11 is 6.37. The predicted octanol–water partition coefficient (Wildman–Crippen LogP) is 3.48. The van der Waals surface area contributed by atoms with Gasteiger partial charge in [0.05, 0.1) is 5.69 Å². The lowest BCUT2D eigenvalue weighted by molar-refractivity contribution is 0.159. The molecular formula is C15H20ClN3. The van der Waals surface area contributed by atoms with Gasteiger partial charge in [-0.3, -0.25) is 0 Å². The Kier molecular flexibility index (Phi) is 3.50. The average molecular weight is 278 g/mol. The lowest BCUT2D eigenvalue weighted by Gasteiger charge is -2.45. The first-order valence-corrected chi connectivity index (χ1v) is 7.49. The van der Waals surface area contributed by atoms with Crippen molar-refractivity contribution in [2.75, 3.05) is 6.54 Å². The Balaban J connectivity index is 1.95. The number of halogens is 1. The number of hydrogen-bond acceptors (Lipinski definition) is 2. The molecule has 0 radical (unpaired) electrons. The van der Waals surface area contributed by atoms with E-state index in [1.54, 1.807) is 0 Å². The molecule has 0 aromatic carbocycles. The number of nitrogens with zero attached hydrogens (tertiary/aromatic N) is 2. The highest BCUT2D eigenvalue weighted by molar-refractivity contribution is 6.30. The van der Waals surface area contributed by atoms with E-state index in [9.17, 15) is 0 Å². The number of pyridine rings is 1. The molecule has 2 aromatic heterocycles. The number of rotatable bonds is 4. The Hall–Kier alpha value is -1.06. The van der Waals surface area contributed by atoms with E-state index >= 15 is 0 Å². The average Bonchev–Trinajstić information content (AvgIpc) is 2.71. The molecular weight excluding hydrogens is 258 g/mol. The molecule has 0 spiro atoms. The third-order valence-corrected chi connectivity index (χ3v) is 4.63. The summed E-state index contributed by atoms with van der Waals surface area (Å²) in [5.74, 6) is 1.19. The predicted molar refractivity (Wildman–Crippen MR) is 78.8 cm³/mol. The largest absolute Gasteiger partial charge is 0.314 e. The monoisotopic (exact) mass is 277 g/mol. The zero-order valence-electron chi connectivity index (χ0n) is 11.4. The van der Waals surface area contributed by atoms with Gasteiger partial charge < -0.3 is 9.72 Å². The van der Waals surface area contributed by atoms with Gasteiger partial charge >= 0.3 is 0 Å². The standard InChI is InChI=1S/C15H20ClN3/c1-3-10-11(9-12(10)17-4-2)14-15(16)18-13-7-5-6-8-19(13)14/h5-8,10-12,17H,3-4,9H2,1-2H3. The number of fused-ring (bicyclic) bond motifs is 1. The minimum atomic E-state index is 0.527. The van der Waals surface area contributed by atoms with Crippen LogP contribution in [-0.4, -0.2) is 22.0 Å². The van der Waals surface area contributed by atoms with Crippen LogP contribution >= 0.6 is 11.6 Å². The van der Waals surface area contributed by atoms with Gasteiger partial charge in [0.25, 0.3) is 0 Å². The van der Waals surface area contributed by atoms with Crippen molar-refractivity contribution in [1.82, 2.24) is 14.7 Å². The smallest absolute Gasteiger partial charge is 0.151 e. The minimum Gasteiger partial charge on any atom is -0.314 e. The van der Waals surface area contributed by atoms with E-state index in [2.05, 4.69) is 34.7 Å². The van der Waals surface area contributed by atoms with Crippen LogP contribution in [0.5, 0.6) is 0 Å². The molecule has 1 aliphatic carbocycles. The Bertz CT molecular complexity index is 578. The van der Waals surface area contributed by atoms with Gasteiger partial charge in [-0.05, 0) is 31.0 Å². The highest BCUT2D eigenvalue weighted by atomic mass is 35.5. The van der Waals surface area contributed by atoms with E-state index in [1.807, 2.05) is 18.2 Å². The third kappa shape index (κ3) is 2.05. The van der Waals surface area contributed by atoms with Crippen LogP contribution in [0.1, 0.15) is 38.3 Å². The minimum absolute atomic E-state index is 0.527. The number of imidazole rings is 1. The lowest BCUT2D eigenvalue weighted by Crippen LogP contribution is -2.49. The van der Waals surface area contributed by atoms with Gasteiger partial charge in [0.2, 0.25) is 0 Å². The van der Waals surface area contributed by atoms with Crippen molar-refractivity contribution in [3.05, 3.63) is 35.2 Å². The molecule has 2 aromatic rings. The van der Waals surface area contributed by atoms with Gasteiger partial charge in [-0.1, -0.05) is 37.9 Å². The fourth-order valence-electron chi connectivity index (χ4n) is 3.41. The van der Waals surface area contributed by atoms with Crippen LogP contribution in [0.15, 0.2) is 24.4 Å². The molecule has 0 aliphatic heterocycles. The second-order valence-corrected chi connectivity index (χ2v) is 5.65. The quantitative estimate of drug-likeness (QED) is 0.927. The molecule has 1 aliphatic rings. The van der Waals surface area contributed by atoms with Crippen LogP contribution in [0, 0.1) is 5.92 Å². The van der Waals surface area contributed by atoms with Crippen LogP contribution in [-0.2, 0) is 0 Å². The van der Waals surface area contributed by atoms with Crippen LogP contribution in [0.4, 0.5) is 0 Å². The van der Waals surface area contributed by atoms with Gasteiger partial charge in [0.15, 0.2) is 5.15 Å². The molecule has 3 atom stereocenters. The number of hydrogen-bond donors (Lipinski definition) is 1. The van der Waals surface area contributed by atoms with Crippen LogP contribution in [0.2, 0.25) is 5.15 Å². The van der Waals surface area contributed by atoms with Gasteiger partial charge in [0, 0.05) is 18.2 Å². The first-order valence-electron chi connectivity index (χ1n) is 7.12. The van der Waals surface area contributed by atoms with Gasteiger partial charge in [-0.2, -0.15) is 0 Å². The molecule has 2 heterocycles. The first-order chi connectivity index (χ1) is 9.26. The maximum Gasteiger partial charge on any atom is 0.151 e. The van der Waals surface area contributed by atoms with Crippen molar-refractivity contribution in [1.29, 1.82) is 0 Å². The van der Waals surface area contributed by atoms with E-state index in [0.717, 1.165) is 18.6 Å². The van der Waals surface area contributed by atoms with E-state index in [-0.39, 0.29) is 0 Å². The van der Waals surface area contributed by atoms with E-state index in [1.165, 1.54) is 12.1 Å².